The fourth-order valence-corrected chi connectivity index (χ4v) is 2.27. The number of phenolic OH excluding ortho intramolecular Hbond substituents is 1. The molecule has 0 aliphatic carbocycles. The van der Waals surface area contributed by atoms with E-state index in [9.17, 15) is 23.1 Å². The molecule has 2 aromatic carbocycles. The van der Waals surface area contributed by atoms with Crippen molar-refractivity contribution < 1.29 is 23.1 Å². The second-order valence-corrected chi connectivity index (χ2v) is 5.62. The Morgan fingerprint density at radius 2 is 1.86 bits per heavy atom. The highest BCUT2D eigenvalue weighted by molar-refractivity contribution is 9.10. The Kier molecular flexibility index (Phi) is 4.46. The maximum Gasteiger partial charge on any atom is 0.416 e. The largest absolute Gasteiger partial charge is 0.507 e. The van der Waals surface area contributed by atoms with Gasteiger partial charge in [0.15, 0.2) is 0 Å². The number of alkyl halides is 3. The molecule has 0 atom stereocenters. The fourth-order valence-electron chi connectivity index (χ4n) is 1.91. The fraction of sp³-hybridized carbons (Fsp3) is 0.133. The summed E-state index contributed by atoms with van der Waals surface area (Å²) in [5.41, 5.74) is -0.508. The van der Waals surface area contributed by atoms with Crippen LogP contribution in [-0.4, -0.2) is 11.0 Å². The van der Waals surface area contributed by atoms with Crippen LogP contribution in [0.15, 0.2) is 40.9 Å². The van der Waals surface area contributed by atoms with Gasteiger partial charge < -0.3 is 10.4 Å². The van der Waals surface area contributed by atoms with E-state index in [0.717, 1.165) is 12.1 Å². The number of rotatable bonds is 2. The van der Waals surface area contributed by atoms with Crippen LogP contribution in [0.2, 0.25) is 0 Å². The van der Waals surface area contributed by atoms with Crippen molar-refractivity contribution in [1.82, 2.24) is 0 Å². The first-order valence-corrected chi connectivity index (χ1v) is 6.95. The molecule has 0 aliphatic heterocycles. The van der Waals surface area contributed by atoms with Crippen molar-refractivity contribution >= 4 is 27.5 Å². The zero-order chi connectivity index (χ0) is 16.5. The number of nitrogens with one attached hydrogen (secondary N) is 1. The van der Waals surface area contributed by atoms with E-state index in [-0.39, 0.29) is 17.0 Å². The predicted octanol–water partition coefficient (Wildman–Crippen LogP) is 4.73. The summed E-state index contributed by atoms with van der Waals surface area (Å²) in [7, 11) is 0. The average molecular weight is 374 g/mol. The summed E-state index contributed by atoms with van der Waals surface area (Å²) >= 11 is 3.16. The lowest BCUT2D eigenvalue weighted by Gasteiger charge is -2.12. The van der Waals surface area contributed by atoms with Gasteiger partial charge in [0, 0.05) is 10.2 Å². The molecule has 0 bridgehead atoms. The second kappa shape index (κ2) is 6.00. The summed E-state index contributed by atoms with van der Waals surface area (Å²) in [4.78, 5) is 12.1. The number of aryl methyl sites for hydroxylation is 1. The molecule has 7 heteroatoms. The Balaban J connectivity index is 2.32. The maximum atomic E-state index is 12.8. The zero-order valence-electron chi connectivity index (χ0n) is 11.3. The number of aromatic hydroxyl groups is 1. The van der Waals surface area contributed by atoms with Crippen molar-refractivity contribution in [3.8, 4) is 5.75 Å². The van der Waals surface area contributed by atoms with Crippen LogP contribution in [-0.2, 0) is 6.18 Å². The highest BCUT2D eigenvalue weighted by Gasteiger charge is 2.31. The smallest absolute Gasteiger partial charge is 0.416 e. The van der Waals surface area contributed by atoms with Crippen molar-refractivity contribution in [3.63, 3.8) is 0 Å². The average Bonchev–Trinajstić information content (AvgIpc) is 2.39. The van der Waals surface area contributed by atoms with Gasteiger partial charge in [-0.25, -0.2) is 0 Å². The molecule has 116 valence electrons. The molecule has 0 aromatic heterocycles. The molecule has 2 aromatic rings. The van der Waals surface area contributed by atoms with Crippen LogP contribution in [0.4, 0.5) is 18.9 Å². The highest BCUT2D eigenvalue weighted by atomic mass is 79.9. The van der Waals surface area contributed by atoms with Gasteiger partial charge >= 0.3 is 6.18 Å². The van der Waals surface area contributed by atoms with Gasteiger partial charge in [-0.3, -0.25) is 4.79 Å². The summed E-state index contributed by atoms with van der Waals surface area (Å²) < 4.78 is 38.9. The number of hydrogen-bond acceptors (Lipinski definition) is 2. The first kappa shape index (κ1) is 16.4. The normalized spacial score (nSPS) is 11.3. The third kappa shape index (κ3) is 3.79. The van der Waals surface area contributed by atoms with Gasteiger partial charge in [-0.05, 0) is 48.9 Å². The minimum Gasteiger partial charge on any atom is -0.507 e. The molecular formula is C15H11BrF3NO2. The molecular weight excluding hydrogens is 363 g/mol. The van der Waals surface area contributed by atoms with Crippen LogP contribution in [0.5, 0.6) is 5.75 Å². The van der Waals surface area contributed by atoms with Gasteiger partial charge in [-0.1, -0.05) is 15.9 Å². The monoisotopic (exact) mass is 373 g/mol. The lowest BCUT2D eigenvalue weighted by Crippen LogP contribution is -2.13. The number of carbonyl (C=O) groups excluding carboxylic acids is 1. The van der Waals surface area contributed by atoms with Crippen LogP contribution in [0.3, 0.4) is 0 Å². The Bertz CT molecular complexity index is 729. The SMILES string of the molecule is Cc1cc(NC(=O)c2cc(Br)ccc2O)cc(C(F)(F)F)c1. The van der Waals surface area contributed by atoms with E-state index in [2.05, 4.69) is 21.2 Å². The van der Waals surface area contributed by atoms with Crippen LogP contribution in [0.1, 0.15) is 21.5 Å². The molecule has 0 radical (unpaired) electrons. The van der Waals surface area contributed by atoms with Crippen molar-refractivity contribution in [1.29, 1.82) is 0 Å². The molecule has 0 heterocycles. The number of carbonyl (C=O) groups is 1. The van der Waals surface area contributed by atoms with E-state index in [4.69, 9.17) is 0 Å². The number of anilines is 1. The molecule has 3 nitrogen and oxygen atoms in total. The van der Waals surface area contributed by atoms with Gasteiger partial charge in [-0.2, -0.15) is 13.2 Å². The van der Waals surface area contributed by atoms with E-state index in [1.165, 1.54) is 25.1 Å². The van der Waals surface area contributed by atoms with E-state index < -0.39 is 17.6 Å². The van der Waals surface area contributed by atoms with Gasteiger partial charge in [0.1, 0.15) is 5.75 Å². The molecule has 0 unspecified atom stereocenters. The minimum atomic E-state index is -4.50. The molecule has 2 N–H and O–H groups in total. The minimum absolute atomic E-state index is 0.0108. The summed E-state index contributed by atoms with van der Waals surface area (Å²) in [5.74, 6) is -0.957. The number of benzene rings is 2. The van der Waals surface area contributed by atoms with Crippen molar-refractivity contribution in [2.45, 2.75) is 13.1 Å². The second-order valence-electron chi connectivity index (χ2n) is 4.70. The van der Waals surface area contributed by atoms with E-state index in [1.54, 1.807) is 6.07 Å². The molecule has 0 fully saturated rings. The molecule has 0 spiro atoms. The molecule has 22 heavy (non-hydrogen) atoms. The van der Waals surface area contributed by atoms with Crippen LogP contribution in [0.25, 0.3) is 0 Å². The first-order chi connectivity index (χ1) is 10.2. The molecule has 0 aliphatic rings. The topological polar surface area (TPSA) is 49.3 Å². The summed E-state index contributed by atoms with van der Waals surface area (Å²) in [6.45, 7) is 1.50. The molecule has 0 saturated carbocycles. The van der Waals surface area contributed by atoms with Crippen molar-refractivity contribution in [3.05, 3.63) is 57.6 Å². The number of halogens is 4. The summed E-state index contributed by atoms with van der Waals surface area (Å²) in [6.07, 6.45) is -4.50. The van der Waals surface area contributed by atoms with Gasteiger partial charge in [0.25, 0.3) is 5.91 Å². The predicted molar refractivity (Wildman–Crippen MR) is 79.9 cm³/mol. The molecule has 0 saturated heterocycles. The summed E-state index contributed by atoms with van der Waals surface area (Å²) in [6, 6.07) is 7.50. The van der Waals surface area contributed by atoms with Crippen LogP contribution >= 0.6 is 15.9 Å². The van der Waals surface area contributed by atoms with Gasteiger partial charge in [0.2, 0.25) is 0 Å². The van der Waals surface area contributed by atoms with Crippen molar-refractivity contribution in [2.75, 3.05) is 5.32 Å². The third-order valence-corrected chi connectivity index (χ3v) is 3.36. The van der Waals surface area contributed by atoms with Gasteiger partial charge in [-0.15, -0.1) is 0 Å². The van der Waals surface area contributed by atoms with Crippen LogP contribution in [0, 0.1) is 6.92 Å². The lowest BCUT2D eigenvalue weighted by molar-refractivity contribution is -0.137. The number of amides is 1. The highest BCUT2D eigenvalue weighted by Crippen LogP contribution is 2.32. The molecule has 1 amide bonds. The Morgan fingerprint density at radius 1 is 1.18 bits per heavy atom. The zero-order valence-corrected chi connectivity index (χ0v) is 12.9. The van der Waals surface area contributed by atoms with E-state index in [0.29, 0.717) is 10.0 Å². The summed E-state index contributed by atoms with van der Waals surface area (Å²) in [5, 5.41) is 12.0. The molecule has 2 rings (SSSR count). The van der Waals surface area contributed by atoms with E-state index >= 15 is 0 Å². The Morgan fingerprint density at radius 3 is 2.50 bits per heavy atom. The maximum absolute atomic E-state index is 12.8. The van der Waals surface area contributed by atoms with Crippen molar-refractivity contribution in [2.24, 2.45) is 0 Å². The number of hydrogen-bond donors (Lipinski definition) is 2. The standard InChI is InChI=1S/C15H11BrF3NO2/c1-8-4-9(15(17,18)19)6-11(5-8)20-14(22)12-7-10(16)2-3-13(12)21/h2-7,21H,1H3,(H,20,22). The first-order valence-electron chi connectivity index (χ1n) is 6.15. The van der Waals surface area contributed by atoms with Crippen LogP contribution < -0.4 is 5.32 Å². The van der Waals surface area contributed by atoms with Gasteiger partial charge in [0.05, 0.1) is 11.1 Å². The number of phenols is 1. The lowest BCUT2D eigenvalue weighted by atomic mass is 10.1. The third-order valence-electron chi connectivity index (χ3n) is 2.87. The van der Waals surface area contributed by atoms with E-state index in [1.807, 2.05) is 0 Å². The Labute approximate surface area is 132 Å². The quantitative estimate of drug-likeness (QED) is 0.798. The Hall–Kier alpha value is -2.02.